The maximum absolute atomic E-state index is 13.7. The zero-order valence-corrected chi connectivity index (χ0v) is 17.8. The Labute approximate surface area is 207 Å². The standard InChI is InChI=1S/C24H29N7O2/c1-15-19-14-27-24(28-20-8-7-18(13-26-20)30-11-9-25-10-12-30)29-22(19)31(17-5-3-4-6-17)23(33)21(15)16(2)32/h7-8,13-14,17,25H,3-6,9-12H2,1-2H3,(H,26,27,28,29)/i1D3,3D2,4D2,9D2,10D2. The van der Waals surface area contributed by atoms with E-state index in [0.29, 0.717) is 5.69 Å². The number of nitrogens with zero attached hydrogens (tertiary/aromatic N) is 5. The molecule has 0 unspecified atom stereocenters. The lowest BCUT2D eigenvalue weighted by atomic mass is 10.0. The van der Waals surface area contributed by atoms with Crippen molar-refractivity contribution in [3.63, 3.8) is 0 Å². The van der Waals surface area contributed by atoms with Gasteiger partial charge in [-0.25, -0.2) is 9.97 Å². The number of aromatic nitrogens is 4. The molecule has 0 amide bonds. The number of anilines is 3. The van der Waals surface area contributed by atoms with E-state index in [4.69, 9.17) is 15.1 Å². The Kier molecular flexibility index (Phi) is 3.30. The van der Waals surface area contributed by atoms with Crippen molar-refractivity contribution >= 4 is 34.3 Å². The Balaban J connectivity index is 1.58. The molecule has 4 heterocycles. The first kappa shape index (κ1) is 12.2. The van der Waals surface area contributed by atoms with Crippen LogP contribution in [-0.2, 0) is 0 Å². The molecule has 1 saturated carbocycles. The molecule has 5 rings (SSSR count). The maximum Gasteiger partial charge on any atom is 0.263 e. The van der Waals surface area contributed by atoms with Crippen molar-refractivity contribution in [3.05, 3.63) is 46.0 Å². The van der Waals surface area contributed by atoms with Gasteiger partial charge < -0.3 is 15.5 Å². The van der Waals surface area contributed by atoms with Gasteiger partial charge >= 0.3 is 0 Å². The van der Waals surface area contributed by atoms with Crippen LogP contribution < -0.4 is 21.1 Å². The first-order valence-corrected chi connectivity index (χ1v) is 10.3. The highest BCUT2D eigenvalue weighted by Gasteiger charge is 2.25. The van der Waals surface area contributed by atoms with Crippen molar-refractivity contribution in [1.82, 2.24) is 24.8 Å². The third-order valence-electron chi connectivity index (χ3n) is 5.54. The topological polar surface area (TPSA) is 105 Å². The summed E-state index contributed by atoms with van der Waals surface area (Å²) < 4.78 is 89.6. The Morgan fingerprint density at radius 2 is 2.00 bits per heavy atom. The number of nitrogens with one attached hydrogen (secondary N) is 2. The van der Waals surface area contributed by atoms with Gasteiger partial charge in [-0.15, -0.1) is 0 Å². The smallest absolute Gasteiger partial charge is 0.263 e. The van der Waals surface area contributed by atoms with Crippen LogP contribution >= 0.6 is 0 Å². The van der Waals surface area contributed by atoms with Gasteiger partial charge in [0.05, 0.1) is 17.4 Å². The molecule has 2 fully saturated rings. The van der Waals surface area contributed by atoms with E-state index < -0.39 is 73.9 Å². The predicted octanol–water partition coefficient (Wildman–Crippen LogP) is 2.97. The largest absolute Gasteiger partial charge is 0.368 e. The second-order valence-electron chi connectivity index (χ2n) is 7.69. The zero-order chi connectivity index (χ0) is 32.6. The third-order valence-corrected chi connectivity index (χ3v) is 5.54. The van der Waals surface area contributed by atoms with Crippen molar-refractivity contribution in [2.75, 3.05) is 36.3 Å². The number of hydrogen-bond acceptors (Lipinski definition) is 8. The Bertz CT molecular complexity index is 1660. The quantitative estimate of drug-likeness (QED) is 0.562. The summed E-state index contributed by atoms with van der Waals surface area (Å²) in [6.45, 7) is -6.09. The van der Waals surface area contributed by atoms with E-state index in [-0.39, 0.29) is 35.9 Å². The lowest BCUT2D eigenvalue weighted by molar-refractivity contribution is 0.101. The highest BCUT2D eigenvalue weighted by Crippen LogP contribution is 2.32. The van der Waals surface area contributed by atoms with Crippen molar-refractivity contribution in [2.24, 2.45) is 0 Å². The molecule has 2 aliphatic rings. The van der Waals surface area contributed by atoms with Crippen molar-refractivity contribution in [1.29, 1.82) is 0 Å². The molecule has 1 aliphatic heterocycles. The second-order valence-corrected chi connectivity index (χ2v) is 7.69. The number of carbonyl (C=O) groups is 1. The summed E-state index contributed by atoms with van der Waals surface area (Å²) in [6, 6.07) is 2.01. The first-order valence-electron chi connectivity index (χ1n) is 15.8. The minimum absolute atomic E-state index is 0.128. The van der Waals surface area contributed by atoms with Crippen molar-refractivity contribution in [2.45, 2.75) is 45.4 Å². The lowest BCUT2D eigenvalue weighted by Gasteiger charge is -2.29. The average Bonchev–Trinajstić information content (AvgIpc) is 3.06. The van der Waals surface area contributed by atoms with Gasteiger partial charge in [0.15, 0.2) is 5.78 Å². The zero-order valence-electron chi connectivity index (χ0n) is 28.8. The molecule has 1 saturated heterocycles. The summed E-state index contributed by atoms with van der Waals surface area (Å²) >= 11 is 0. The van der Waals surface area contributed by atoms with Crippen LogP contribution in [0, 0.1) is 6.85 Å². The second kappa shape index (κ2) is 8.90. The van der Waals surface area contributed by atoms with Crippen molar-refractivity contribution < 1.29 is 19.9 Å². The number of pyridine rings is 2. The molecule has 3 aromatic heterocycles. The molecule has 9 nitrogen and oxygen atoms in total. The fraction of sp³-hybridized carbons (Fsp3) is 0.458. The van der Waals surface area contributed by atoms with Crippen LogP contribution in [0.15, 0.2) is 29.3 Å². The van der Waals surface area contributed by atoms with Crippen LogP contribution in [0.3, 0.4) is 0 Å². The number of hydrogen-bond donors (Lipinski definition) is 2. The molecule has 0 spiro atoms. The van der Waals surface area contributed by atoms with Gasteiger partial charge in [-0.1, -0.05) is 12.7 Å². The number of fused-ring (bicyclic) bond motifs is 1. The highest BCUT2D eigenvalue weighted by molar-refractivity contribution is 5.99. The Hall–Kier alpha value is -3.33. The van der Waals surface area contributed by atoms with Crippen LogP contribution in [0.4, 0.5) is 17.5 Å². The molecule has 9 heteroatoms. The van der Waals surface area contributed by atoms with Gasteiger partial charge in [0.2, 0.25) is 5.95 Å². The number of Topliss-reactive ketones (excluding diaryl/α,β-unsaturated/α-hetero) is 1. The van der Waals surface area contributed by atoms with Gasteiger partial charge in [-0.2, -0.15) is 4.98 Å². The van der Waals surface area contributed by atoms with Gasteiger partial charge in [0.1, 0.15) is 11.5 Å². The van der Waals surface area contributed by atoms with Crippen LogP contribution in [0.1, 0.15) is 69.6 Å². The number of ketones is 1. The molecular weight excluding hydrogens is 418 g/mol. The van der Waals surface area contributed by atoms with Crippen LogP contribution in [0.25, 0.3) is 11.0 Å². The van der Waals surface area contributed by atoms with E-state index in [0.717, 1.165) is 17.7 Å². The minimum atomic E-state index is -2.92. The first-order chi connectivity index (χ1) is 20.1. The predicted molar refractivity (Wildman–Crippen MR) is 129 cm³/mol. The normalized spacial score (nSPS) is 28.4. The number of piperazine rings is 1. The Morgan fingerprint density at radius 3 is 2.67 bits per heavy atom. The average molecular weight is 459 g/mol. The summed E-state index contributed by atoms with van der Waals surface area (Å²) in [5.41, 5.74) is -1.95. The maximum atomic E-state index is 13.7. The fourth-order valence-corrected chi connectivity index (χ4v) is 3.88. The van der Waals surface area contributed by atoms with E-state index in [1.807, 2.05) is 0 Å². The number of rotatable bonds is 5. The molecule has 0 atom stereocenters. The van der Waals surface area contributed by atoms with E-state index in [9.17, 15) is 9.59 Å². The van der Waals surface area contributed by atoms with E-state index in [2.05, 4.69) is 25.6 Å². The van der Waals surface area contributed by atoms with E-state index in [1.165, 1.54) is 17.2 Å². The summed E-state index contributed by atoms with van der Waals surface area (Å²) in [6.07, 6.45) is -2.94. The van der Waals surface area contributed by atoms with E-state index >= 15 is 0 Å². The third kappa shape index (κ3) is 4.08. The summed E-state index contributed by atoms with van der Waals surface area (Å²) in [5, 5.41) is 5.01. The molecule has 0 radical (unpaired) electrons. The summed E-state index contributed by atoms with van der Waals surface area (Å²) in [4.78, 5) is 40.7. The molecular formula is C24H29N7O2. The van der Waals surface area contributed by atoms with Gasteiger partial charge in [-0.3, -0.25) is 14.2 Å². The Morgan fingerprint density at radius 1 is 1.21 bits per heavy atom. The van der Waals surface area contributed by atoms with Crippen molar-refractivity contribution in [3.8, 4) is 0 Å². The molecule has 33 heavy (non-hydrogen) atoms. The van der Waals surface area contributed by atoms with Gasteiger partial charge in [-0.05, 0) is 44.3 Å². The monoisotopic (exact) mass is 458 g/mol. The number of aryl methyl sites for hydroxylation is 1. The molecule has 1 aliphatic carbocycles. The summed E-state index contributed by atoms with van der Waals surface area (Å²) in [7, 11) is 0. The van der Waals surface area contributed by atoms with Crippen LogP contribution in [-0.4, -0.2) is 51.4 Å². The molecule has 2 N–H and O–H groups in total. The summed E-state index contributed by atoms with van der Waals surface area (Å²) in [5.74, 6) is -0.747. The van der Waals surface area contributed by atoms with Gasteiger partial charge in [0.25, 0.3) is 5.56 Å². The fourth-order valence-electron chi connectivity index (χ4n) is 3.88. The lowest BCUT2D eigenvalue weighted by Crippen LogP contribution is -2.43. The molecule has 0 bridgehead atoms. The SMILES string of the molecule is [2H]C1([2H])CN(c2ccc(Nc3ncc4c(C([2H])([2H])[2H])c(C(C)=O)c(=O)n(C5CC([2H])([2H])C([2H])([2H])C5)c4n3)nc2)CC([2H])([2H])N1. The molecule has 0 aromatic carbocycles. The minimum Gasteiger partial charge on any atom is -0.368 e. The van der Waals surface area contributed by atoms with Gasteiger partial charge in [0, 0.05) is 58.8 Å². The molecule has 3 aromatic rings. The van der Waals surface area contributed by atoms with Crippen LogP contribution in [0.5, 0.6) is 0 Å². The van der Waals surface area contributed by atoms with E-state index in [1.54, 1.807) is 6.07 Å². The highest BCUT2D eigenvalue weighted by atomic mass is 16.1. The van der Waals surface area contributed by atoms with Crippen LogP contribution in [0.2, 0.25) is 0 Å². The molecule has 172 valence electrons. The number of carbonyl (C=O) groups excluding carboxylic acids is 1.